The average Bonchev–Trinajstić information content (AvgIpc) is 2.10. The summed E-state index contributed by atoms with van der Waals surface area (Å²) in [5.41, 5.74) is 0. The average molecular weight is 170 g/mol. The Balaban J connectivity index is 2.93. The molecule has 0 spiro atoms. The summed E-state index contributed by atoms with van der Waals surface area (Å²) in [6, 6.07) is 0. The molecule has 12 heavy (non-hydrogen) atoms. The lowest BCUT2D eigenvalue weighted by Crippen LogP contribution is -1.82. The summed E-state index contributed by atoms with van der Waals surface area (Å²) in [5, 5.41) is 8.21. The summed E-state index contributed by atoms with van der Waals surface area (Å²) in [7, 11) is 0. The fourth-order valence-corrected chi connectivity index (χ4v) is 1.01. The first-order valence-corrected chi connectivity index (χ1v) is 5.25. The van der Waals surface area contributed by atoms with Gasteiger partial charge in [0, 0.05) is 0 Å². The lowest BCUT2D eigenvalue weighted by molar-refractivity contribution is 0.672. The van der Waals surface area contributed by atoms with Gasteiger partial charge in [-0.2, -0.15) is 10.2 Å². The highest BCUT2D eigenvalue weighted by atomic mass is 15.1. The van der Waals surface area contributed by atoms with E-state index < -0.39 is 0 Å². The van der Waals surface area contributed by atoms with E-state index in [0.717, 1.165) is 13.1 Å². The molecule has 2 nitrogen and oxygen atoms in total. The molecule has 0 unspecified atom stereocenters. The minimum atomic E-state index is 0.931. The number of unbranched alkanes of at least 4 members (excludes halogenated alkanes) is 4. The molecule has 0 heterocycles. The zero-order valence-electron chi connectivity index (χ0n) is 8.55. The van der Waals surface area contributed by atoms with Crippen molar-refractivity contribution in [2.45, 2.75) is 52.4 Å². The van der Waals surface area contributed by atoms with Gasteiger partial charge in [-0.15, -0.1) is 0 Å². The van der Waals surface area contributed by atoms with Crippen molar-refractivity contribution < 1.29 is 0 Å². The lowest BCUT2D eigenvalue weighted by Gasteiger charge is -1.92. The van der Waals surface area contributed by atoms with Gasteiger partial charge in [-0.3, -0.25) is 0 Å². The second kappa shape index (κ2) is 10.6. The van der Waals surface area contributed by atoms with Gasteiger partial charge in [0.25, 0.3) is 0 Å². The van der Waals surface area contributed by atoms with Gasteiger partial charge < -0.3 is 0 Å². The third kappa shape index (κ3) is 9.60. The summed E-state index contributed by atoms with van der Waals surface area (Å²) in [5.74, 6) is 0. The number of hydrogen-bond donors (Lipinski definition) is 0. The van der Waals surface area contributed by atoms with Crippen molar-refractivity contribution in [1.29, 1.82) is 0 Å². The molecular formula is C10H22N2. The molecular weight excluding hydrogens is 148 g/mol. The van der Waals surface area contributed by atoms with Crippen LogP contribution >= 0.6 is 0 Å². The third-order valence-electron chi connectivity index (χ3n) is 1.82. The Kier molecular flexibility index (Phi) is 10.2. The number of hydrogen-bond acceptors (Lipinski definition) is 2. The Morgan fingerprint density at radius 3 is 1.42 bits per heavy atom. The Hall–Kier alpha value is -0.400. The van der Waals surface area contributed by atoms with E-state index >= 15 is 0 Å². The minimum absolute atomic E-state index is 0.931. The molecule has 0 aliphatic rings. The molecule has 0 aromatic rings. The normalized spacial score (nSPS) is 11.2. The fraction of sp³-hybridized carbons (Fsp3) is 1.00. The second-order valence-electron chi connectivity index (χ2n) is 3.14. The van der Waals surface area contributed by atoms with Crippen LogP contribution < -0.4 is 0 Å². The van der Waals surface area contributed by atoms with Crippen LogP contribution in [0.15, 0.2) is 10.2 Å². The molecule has 0 bridgehead atoms. The van der Waals surface area contributed by atoms with E-state index in [1.54, 1.807) is 0 Å². The van der Waals surface area contributed by atoms with Gasteiger partial charge in [0.2, 0.25) is 0 Å². The van der Waals surface area contributed by atoms with E-state index in [0.29, 0.717) is 0 Å². The van der Waals surface area contributed by atoms with Gasteiger partial charge in [-0.1, -0.05) is 39.5 Å². The monoisotopic (exact) mass is 170 g/mol. The van der Waals surface area contributed by atoms with Crippen LogP contribution in [-0.2, 0) is 0 Å². The van der Waals surface area contributed by atoms with E-state index in [1.807, 2.05) is 0 Å². The van der Waals surface area contributed by atoms with Crippen molar-refractivity contribution >= 4 is 0 Å². The Labute approximate surface area is 76.5 Å². The van der Waals surface area contributed by atoms with Gasteiger partial charge in [-0.25, -0.2) is 0 Å². The highest BCUT2D eigenvalue weighted by Crippen LogP contribution is 1.96. The van der Waals surface area contributed by atoms with E-state index in [9.17, 15) is 0 Å². The highest BCUT2D eigenvalue weighted by molar-refractivity contribution is 4.44. The van der Waals surface area contributed by atoms with Crippen LogP contribution in [0.2, 0.25) is 0 Å². The van der Waals surface area contributed by atoms with Crippen molar-refractivity contribution in [2.24, 2.45) is 10.2 Å². The Morgan fingerprint density at radius 1 is 0.667 bits per heavy atom. The van der Waals surface area contributed by atoms with Crippen molar-refractivity contribution in [3.63, 3.8) is 0 Å². The highest BCUT2D eigenvalue weighted by Gasteiger charge is 1.84. The zero-order chi connectivity index (χ0) is 9.07. The Bertz CT molecular complexity index is 88.0. The molecule has 0 N–H and O–H groups in total. The van der Waals surface area contributed by atoms with Crippen LogP contribution in [0.5, 0.6) is 0 Å². The molecule has 0 amide bonds. The summed E-state index contributed by atoms with van der Waals surface area (Å²) >= 11 is 0. The van der Waals surface area contributed by atoms with Gasteiger partial charge in [-0.05, 0) is 12.8 Å². The molecule has 0 atom stereocenters. The first-order chi connectivity index (χ1) is 5.91. The smallest absolute Gasteiger partial charge is 0.0598 e. The van der Waals surface area contributed by atoms with Crippen LogP contribution in [0, 0.1) is 0 Å². The maximum atomic E-state index is 4.11. The molecule has 72 valence electrons. The van der Waals surface area contributed by atoms with Gasteiger partial charge in [0.05, 0.1) is 13.1 Å². The van der Waals surface area contributed by atoms with E-state index in [2.05, 4.69) is 24.1 Å². The van der Waals surface area contributed by atoms with E-state index in [-0.39, 0.29) is 0 Å². The second-order valence-corrected chi connectivity index (χ2v) is 3.14. The first kappa shape index (κ1) is 11.6. The van der Waals surface area contributed by atoms with Crippen LogP contribution in [0.1, 0.15) is 52.4 Å². The van der Waals surface area contributed by atoms with Crippen molar-refractivity contribution in [1.82, 2.24) is 0 Å². The van der Waals surface area contributed by atoms with Crippen molar-refractivity contribution in [3.8, 4) is 0 Å². The molecule has 0 aromatic carbocycles. The maximum absolute atomic E-state index is 4.11. The standard InChI is InChI=1S/C10H22N2/c1-3-5-7-9-11-12-10-8-6-4-2/h3-10H2,1-2H3/b12-11+. The summed E-state index contributed by atoms with van der Waals surface area (Å²) < 4.78 is 0. The largest absolute Gasteiger partial charge is 0.194 e. The topological polar surface area (TPSA) is 24.7 Å². The molecule has 0 rings (SSSR count). The quantitative estimate of drug-likeness (QED) is 0.391. The van der Waals surface area contributed by atoms with E-state index in [4.69, 9.17) is 0 Å². The Morgan fingerprint density at radius 2 is 1.08 bits per heavy atom. The van der Waals surface area contributed by atoms with Crippen LogP contribution in [-0.4, -0.2) is 13.1 Å². The summed E-state index contributed by atoms with van der Waals surface area (Å²) in [6.45, 7) is 6.27. The molecule has 0 aromatic heterocycles. The molecule has 0 aliphatic heterocycles. The predicted octanol–water partition coefficient (Wildman–Crippen LogP) is 3.82. The number of azo groups is 1. The van der Waals surface area contributed by atoms with Crippen LogP contribution in [0.4, 0.5) is 0 Å². The molecule has 2 heteroatoms. The zero-order valence-corrected chi connectivity index (χ0v) is 8.55. The molecule has 0 aliphatic carbocycles. The minimum Gasteiger partial charge on any atom is -0.194 e. The third-order valence-corrected chi connectivity index (χ3v) is 1.82. The SMILES string of the molecule is CCCCC/N=N/CCCCC. The molecule has 0 radical (unpaired) electrons. The number of nitrogens with zero attached hydrogens (tertiary/aromatic N) is 2. The van der Waals surface area contributed by atoms with Gasteiger partial charge in [0.15, 0.2) is 0 Å². The summed E-state index contributed by atoms with van der Waals surface area (Å²) in [4.78, 5) is 0. The fourth-order valence-electron chi connectivity index (χ4n) is 1.01. The lowest BCUT2D eigenvalue weighted by atomic mass is 10.2. The van der Waals surface area contributed by atoms with Crippen LogP contribution in [0.25, 0.3) is 0 Å². The van der Waals surface area contributed by atoms with Gasteiger partial charge >= 0.3 is 0 Å². The van der Waals surface area contributed by atoms with Gasteiger partial charge in [0.1, 0.15) is 0 Å². The maximum Gasteiger partial charge on any atom is 0.0598 e. The number of rotatable bonds is 8. The summed E-state index contributed by atoms with van der Waals surface area (Å²) in [6.07, 6.45) is 7.51. The van der Waals surface area contributed by atoms with Crippen molar-refractivity contribution in [3.05, 3.63) is 0 Å². The van der Waals surface area contributed by atoms with E-state index in [1.165, 1.54) is 38.5 Å². The van der Waals surface area contributed by atoms with Crippen LogP contribution in [0.3, 0.4) is 0 Å². The first-order valence-electron chi connectivity index (χ1n) is 5.25. The molecule has 0 saturated heterocycles. The predicted molar refractivity (Wildman–Crippen MR) is 53.6 cm³/mol. The molecule has 0 saturated carbocycles. The molecule has 0 fully saturated rings. The van der Waals surface area contributed by atoms with Crippen molar-refractivity contribution in [2.75, 3.05) is 13.1 Å².